The van der Waals surface area contributed by atoms with Gasteiger partial charge in [-0.3, -0.25) is 8.98 Å². The van der Waals surface area contributed by atoms with E-state index in [1.54, 1.807) is 0 Å². The highest BCUT2D eigenvalue weighted by molar-refractivity contribution is 7.87. The van der Waals surface area contributed by atoms with Crippen LogP contribution >= 0.6 is 0 Å². The monoisotopic (exact) mass is 377 g/mol. The van der Waals surface area contributed by atoms with Crippen LogP contribution in [0, 0.1) is 11.8 Å². The summed E-state index contributed by atoms with van der Waals surface area (Å²) in [6.45, 7) is 0. The normalized spacial score (nSPS) is 38.1. The van der Waals surface area contributed by atoms with Crippen LogP contribution in [-0.2, 0) is 23.9 Å². The van der Waals surface area contributed by atoms with Gasteiger partial charge in [-0.25, -0.2) is 9.18 Å². The average molecular weight is 377 g/mol. The predicted molar refractivity (Wildman–Crippen MR) is 62.4 cm³/mol. The molecular weight excluding hydrogens is 370 g/mol. The van der Waals surface area contributed by atoms with E-state index in [9.17, 15) is 40.7 Å². The van der Waals surface area contributed by atoms with Crippen molar-refractivity contribution in [3.05, 3.63) is 10.4 Å². The lowest BCUT2D eigenvalue weighted by Gasteiger charge is -2.30. The van der Waals surface area contributed by atoms with Crippen molar-refractivity contribution in [1.29, 1.82) is 0 Å². The molecule has 0 bridgehead atoms. The Morgan fingerprint density at radius 3 is 2.21 bits per heavy atom. The third kappa shape index (κ3) is 2.12. The number of fused-ring (bicyclic) bond motifs is 1. The zero-order chi connectivity index (χ0) is 18.7. The summed E-state index contributed by atoms with van der Waals surface area (Å²) in [5.41, 5.74) is -3.76. The molecular formula is C9H7F4N3O7S. The largest absolute Gasteiger partial charge is 0.523 e. The van der Waals surface area contributed by atoms with Gasteiger partial charge in [-0.15, -0.1) is 0 Å². The average Bonchev–Trinajstić information content (AvgIpc) is 2.85. The Labute approximate surface area is 129 Å². The van der Waals surface area contributed by atoms with Crippen molar-refractivity contribution in [1.82, 2.24) is 0 Å². The molecule has 24 heavy (non-hydrogen) atoms. The highest BCUT2D eigenvalue weighted by Crippen LogP contribution is 2.69. The minimum absolute atomic E-state index is 1.01. The summed E-state index contributed by atoms with van der Waals surface area (Å²) < 4.78 is 77.3. The molecule has 2 rings (SSSR count). The van der Waals surface area contributed by atoms with E-state index in [1.165, 1.54) is 0 Å². The number of rotatable bonds is 5. The van der Waals surface area contributed by atoms with Crippen LogP contribution in [0.2, 0.25) is 0 Å². The highest BCUT2D eigenvalue weighted by atomic mass is 32.2. The van der Waals surface area contributed by atoms with Gasteiger partial charge < -0.3 is 10.2 Å². The van der Waals surface area contributed by atoms with E-state index >= 15 is 0 Å². The van der Waals surface area contributed by atoms with Gasteiger partial charge in [0.1, 0.15) is 6.10 Å². The maximum absolute atomic E-state index is 14.3. The second kappa shape index (κ2) is 4.94. The Bertz CT molecular complexity index is 760. The van der Waals surface area contributed by atoms with Crippen LogP contribution in [0.25, 0.3) is 10.4 Å². The molecule has 0 unspecified atom stereocenters. The quantitative estimate of drug-likeness (QED) is 0.178. The summed E-state index contributed by atoms with van der Waals surface area (Å²) in [5.74, 6) is -8.04. The minimum Gasteiger partial charge on any atom is -0.481 e. The van der Waals surface area contributed by atoms with Crippen LogP contribution in [0.3, 0.4) is 0 Å². The van der Waals surface area contributed by atoms with E-state index in [-0.39, 0.29) is 0 Å². The lowest BCUT2D eigenvalue weighted by atomic mass is 9.88. The maximum atomic E-state index is 14.3. The fourth-order valence-electron chi connectivity index (χ4n) is 3.10. The molecule has 2 fully saturated rings. The SMILES string of the molecule is [N-]=[N+]=N[C@@]1(C(=O)O)[C@H](OS(=O)(=O)C(F)(F)F)C[C@@H]2[C@H]1[C@@]2(F)C(=O)O. The van der Waals surface area contributed by atoms with Crippen molar-refractivity contribution in [2.75, 3.05) is 0 Å². The van der Waals surface area contributed by atoms with Crippen molar-refractivity contribution < 1.29 is 50.0 Å². The molecule has 15 heteroatoms. The van der Waals surface area contributed by atoms with Gasteiger partial charge >= 0.3 is 27.6 Å². The smallest absolute Gasteiger partial charge is 0.481 e. The summed E-state index contributed by atoms with van der Waals surface area (Å²) >= 11 is 0. The number of hydrogen-bond donors (Lipinski definition) is 2. The number of carboxylic acid groups (broad SMARTS) is 2. The van der Waals surface area contributed by atoms with Gasteiger partial charge in [0.25, 0.3) is 0 Å². The first-order valence-electron chi connectivity index (χ1n) is 5.98. The fourth-order valence-corrected chi connectivity index (χ4v) is 3.74. The zero-order valence-electron chi connectivity index (χ0n) is 11.1. The van der Waals surface area contributed by atoms with E-state index in [0.717, 1.165) is 0 Å². The van der Waals surface area contributed by atoms with Crippen molar-refractivity contribution in [2.45, 2.75) is 29.2 Å². The third-order valence-electron chi connectivity index (χ3n) is 4.13. The Hall–Kier alpha value is -2.12. The van der Waals surface area contributed by atoms with Crippen LogP contribution < -0.4 is 0 Å². The van der Waals surface area contributed by atoms with Crippen LogP contribution in [-0.4, -0.2) is 53.4 Å². The lowest BCUT2D eigenvalue weighted by molar-refractivity contribution is -0.153. The summed E-state index contributed by atoms with van der Waals surface area (Å²) in [7, 11) is -6.28. The van der Waals surface area contributed by atoms with Gasteiger partial charge in [0.2, 0.25) is 5.67 Å². The van der Waals surface area contributed by atoms with Crippen molar-refractivity contribution in [3.8, 4) is 0 Å². The zero-order valence-corrected chi connectivity index (χ0v) is 12.0. The van der Waals surface area contributed by atoms with E-state index in [0.29, 0.717) is 0 Å². The van der Waals surface area contributed by atoms with E-state index in [2.05, 4.69) is 14.2 Å². The van der Waals surface area contributed by atoms with E-state index in [4.69, 9.17) is 10.6 Å². The Morgan fingerprint density at radius 1 is 1.29 bits per heavy atom. The van der Waals surface area contributed by atoms with Crippen LogP contribution in [0.15, 0.2) is 5.11 Å². The van der Waals surface area contributed by atoms with Gasteiger partial charge in [-0.1, -0.05) is 5.11 Å². The Kier molecular flexibility index (Phi) is 3.75. The minimum atomic E-state index is -6.28. The van der Waals surface area contributed by atoms with E-state index < -0.39 is 63.1 Å². The molecule has 2 aliphatic rings. The topological polar surface area (TPSA) is 167 Å². The summed E-state index contributed by atoms with van der Waals surface area (Å²) in [5, 5.41) is 20.7. The first-order valence-corrected chi connectivity index (χ1v) is 7.39. The number of aliphatic carboxylic acids is 2. The van der Waals surface area contributed by atoms with Crippen molar-refractivity contribution in [3.63, 3.8) is 0 Å². The first-order chi connectivity index (χ1) is 10.8. The summed E-state index contributed by atoms with van der Waals surface area (Å²) in [6, 6.07) is 0. The fraction of sp³-hybridized carbons (Fsp3) is 0.778. The number of hydrogen-bond acceptors (Lipinski definition) is 6. The molecule has 2 saturated carbocycles. The van der Waals surface area contributed by atoms with Crippen molar-refractivity contribution in [2.24, 2.45) is 17.0 Å². The molecule has 0 aromatic carbocycles. The lowest BCUT2D eigenvalue weighted by Crippen LogP contribution is -2.53. The number of carbonyl (C=O) groups is 2. The second-order valence-electron chi connectivity index (χ2n) is 5.20. The number of halogens is 4. The molecule has 0 radical (unpaired) electrons. The molecule has 134 valence electrons. The number of carboxylic acids is 2. The highest BCUT2D eigenvalue weighted by Gasteiger charge is 2.86. The van der Waals surface area contributed by atoms with Crippen molar-refractivity contribution >= 4 is 22.1 Å². The standard InChI is InChI=1S/C9H7F4N3O7S/c10-7(5(17)18)2-1-3(23-24(21,22)9(11,12)13)8(4(2)7,6(19)20)15-16-14/h2-4H,1H2,(H,17,18)(H,19,20)/t2-,3-,4+,7-,8+/m1/s1. The molecule has 0 spiro atoms. The first kappa shape index (κ1) is 18.2. The molecule has 0 saturated heterocycles. The van der Waals surface area contributed by atoms with Gasteiger partial charge in [0.15, 0.2) is 5.54 Å². The molecule has 0 aromatic rings. The molecule has 0 aliphatic heterocycles. The molecule has 2 aliphatic carbocycles. The third-order valence-corrected chi connectivity index (χ3v) is 5.18. The number of azide groups is 1. The van der Waals surface area contributed by atoms with Gasteiger partial charge in [0, 0.05) is 16.7 Å². The molecule has 0 amide bonds. The maximum Gasteiger partial charge on any atom is 0.523 e. The van der Waals surface area contributed by atoms with Gasteiger partial charge in [-0.05, 0) is 12.0 Å². The Morgan fingerprint density at radius 2 is 1.83 bits per heavy atom. The molecule has 5 atom stereocenters. The summed E-state index contributed by atoms with van der Waals surface area (Å²) in [4.78, 5) is 24.4. The molecule has 0 aromatic heterocycles. The number of alkyl halides is 4. The van der Waals surface area contributed by atoms with Gasteiger partial charge in [-0.2, -0.15) is 21.6 Å². The van der Waals surface area contributed by atoms with Gasteiger partial charge in [0.05, 0.1) is 0 Å². The van der Waals surface area contributed by atoms with E-state index in [1.807, 2.05) is 0 Å². The second-order valence-corrected chi connectivity index (χ2v) is 6.76. The molecule has 2 N–H and O–H groups in total. The Balaban J connectivity index is 2.51. The van der Waals surface area contributed by atoms with Crippen LogP contribution in [0.1, 0.15) is 6.42 Å². The van der Waals surface area contributed by atoms with Crippen LogP contribution in [0.5, 0.6) is 0 Å². The molecule has 0 heterocycles. The number of nitrogens with zero attached hydrogens (tertiary/aromatic N) is 3. The molecule has 10 nitrogen and oxygen atoms in total. The summed E-state index contributed by atoms with van der Waals surface area (Å²) in [6.07, 6.45) is -3.41. The predicted octanol–water partition coefficient (Wildman–Crippen LogP) is 0.797. The van der Waals surface area contributed by atoms with Crippen LogP contribution in [0.4, 0.5) is 17.6 Å².